The third-order valence-electron chi connectivity index (χ3n) is 12.6. The number of hydrogen-bond acceptors (Lipinski definition) is 5. The van der Waals surface area contributed by atoms with Crippen LogP contribution in [-0.2, 0) is 14.3 Å². The molecule has 0 aliphatic rings. The highest BCUT2D eigenvalue weighted by Crippen LogP contribution is 2.18. The Labute approximate surface area is 403 Å². The van der Waals surface area contributed by atoms with Crippen LogP contribution in [0.1, 0.15) is 278 Å². The maximum atomic E-state index is 13.2. The fourth-order valence-corrected chi connectivity index (χ4v) is 8.38. The van der Waals surface area contributed by atoms with Crippen LogP contribution in [0.3, 0.4) is 0 Å². The topological polar surface area (TPSA) is 95.9 Å². The second kappa shape index (κ2) is 52.5. The first kappa shape index (κ1) is 62.6. The number of unbranched alkanes of at least 4 members (excludes halogenated alkanes) is 29. The van der Waals surface area contributed by atoms with Gasteiger partial charge in [-0.25, -0.2) is 0 Å². The number of nitrogens with one attached hydrogen (secondary N) is 1. The first-order valence-corrected chi connectivity index (χ1v) is 28.0. The number of esters is 1. The van der Waals surface area contributed by atoms with Gasteiger partial charge in [-0.15, -0.1) is 0 Å². The van der Waals surface area contributed by atoms with E-state index < -0.39 is 18.2 Å². The number of carbonyl (C=O) groups is 2. The molecule has 65 heavy (non-hydrogen) atoms. The molecule has 0 aliphatic heterocycles. The van der Waals surface area contributed by atoms with E-state index in [0.29, 0.717) is 19.3 Å². The monoisotopic (exact) mass is 910 g/mol. The molecule has 0 aromatic carbocycles. The van der Waals surface area contributed by atoms with Gasteiger partial charge in [0.1, 0.15) is 6.10 Å². The summed E-state index contributed by atoms with van der Waals surface area (Å²) in [6, 6.07) is -0.714. The summed E-state index contributed by atoms with van der Waals surface area (Å²) in [6.45, 7) is 6.38. The van der Waals surface area contributed by atoms with Crippen LogP contribution in [-0.4, -0.2) is 46.9 Å². The zero-order valence-electron chi connectivity index (χ0n) is 43.1. The van der Waals surface area contributed by atoms with Crippen LogP contribution < -0.4 is 5.32 Å². The molecule has 0 saturated heterocycles. The second-order valence-electron chi connectivity index (χ2n) is 19.0. The van der Waals surface area contributed by atoms with Crippen molar-refractivity contribution in [1.82, 2.24) is 5.32 Å². The van der Waals surface area contributed by atoms with Gasteiger partial charge in [0.25, 0.3) is 0 Å². The summed E-state index contributed by atoms with van der Waals surface area (Å²) in [4.78, 5) is 26.2. The summed E-state index contributed by atoms with van der Waals surface area (Å²) in [7, 11) is 0. The molecule has 6 nitrogen and oxygen atoms in total. The average molecular weight is 911 g/mol. The molecule has 0 aromatic rings. The van der Waals surface area contributed by atoms with Crippen molar-refractivity contribution < 1.29 is 24.5 Å². The van der Waals surface area contributed by atoms with Gasteiger partial charge >= 0.3 is 5.97 Å². The normalized spacial score (nSPS) is 13.6. The summed E-state index contributed by atoms with van der Waals surface area (Å²) >= 11 is 0. The van der Waals surface area contributed by atoms with Crippen molar-refractivity contribution in [1.29, 1.82) is 0 Å². The molecule has 0 saturated carbocycles. The van der Waals surface area contributed by atoms with Crippen LogP contribution in [0, 0.1) is 0 Å². The number of ether oxygens (including phenoxy) is 1. The number of hydrogen-bond donors (Lipinski definition) is 3. The molecule has 6 heteroatoms. The lowest BCUT2D eigenvalue weighted by Gasteiger charge is -2.24. The molecule has 0 rings (SSSR count). The molecule has 0 fully saturated rings. The van der Waals surface area contributed by atoms with Crippen molar-refractivity contribution in [3.63, 3.8) is 0 Å². The predicted octanol–water partition coefficient (Wildman–Crippen LogP) is 17.2. The Kier molecular flexibility index (Phi) is 50.6. The lowest BCUT2D eigenvalue weighted by Crippen LogP contribution is -2.46. The molecular formula is C59H107NO5. The molecule has 3 atom stereocenters. The molecule has 0 radical (unpaired) electrons. The summed E-state index contributed by atoms with van der Waals surface area (Å²) in [5.41, 5.74) is 0. The molecule has 3 N–H and O–H groups in total. The minimum absolute atomic E-state index is 0.0539. The summed E-state index contributed by atoms with van der Waals surface area (Å²) < 4.78 is 5.94. The van der Waals surface area contributed by atoms with Crippen LogP contribution in [0.4, 0.5) is 0 Å². The van der Waals surface area contributed by atoms with Gasteiger partial charge in [0, 0.05) is 6.42 Å². The van der Waals surface area contributed by atoms with Crippen LogP contribution >= 0.6 is 0 Å². The van der Waals surface area contributed by atoms with Crippen molar-refractivity contribution in [2.24, 2.45) is 0 Å². The Morgan fingerprint density at radius 1 is 0.477 bits per heavy atom. The number of allylic oxidation sites excluding steroid dienone is 10. The molecule has 0 bridgehead atoms. The van der Waals surface area contributed by atoms with Gasteiger partial charge in [0.2, 0.25) is 5.91 Å². The van der Waals surface area contributed by atoms with Gasteiger partial charge in [-0.05, 0) is 83.5 Å². The Morgan fingerprint density at radius 2 is 0.877 bits per heavy atom. The number of rotatable bonds is 50. The fourth-order valence-electron chi connectivity index (χ4n) is 8.38. The Morgan fingerprint density at radius 3 is 1.37 bits per heavy atom. The summed E-state index contributed by atoms with van der Waals surface area (Å²) in [5, 5.41) is 23.8. The van der Waals surface area contributed by atoms with Crippen LogP contribution in [0.5, 0.6) is 0 Å². The van der Waals surface area contributed by atoms with Gasteiger partial charge in [0.05, 0.1) is 25.2 Å². The van der Waals surface area contributed by atoms with Gasteiger partial charge in [-0.1, -0.05) is 242 Å². The maximum absolute atomic E-state index is 13.2. The van der Waals surface area contributed by atoms with Crippen LogP contribution in [0.2, 0.25) is 0 Å². The molecule has 0 heterocycles. The minimum Gasteiger partial charge on any atom is -0.462 e. The smallest absolute Gasteiger partial charge is 0.306 e. The molecule has 0 aliphatic carbocycles. The fraction of sp³-hybridized carbons (Fsp3) is 0.797. The molecular weight excluding hydrogens is 803 g/mol. The highest BCUT2D eigenvalue weighted by molar-refractivity contribution is 5.77. The van der Waals surface area contributed by atoms with Crippen LogP contribution in [0.25, 0.3) is 0 Å². The third-order valence-corrected chi connectivity index (χ3v) is 12.6. The largest absolute Gasteiger partial charge is 0.462 e. The number of amides is 1. The van der Waals surface area contributed by atoms with E-state index in [-0.39, 0.29) is 24.9 Å². The minimum atomic E-state index is -0.799. The predicted molar refractivity (Wildman–Crippen MR) is 282 cm³/mol. The highest BCUT2D eigenvalue weighted by atomic mass is 16.5. The van der Waals surface area contributed by atoms with Gasteiger partial charge in [-0.3, -0.25) is 9.59 Å². The quantitative estimate of drug-likeness (QED) is 0.0245. The molecule has 1 amide bonds. The van der Waals surface area contributed by atoms with Gasteiger partial charge < -0.3 is 20.3 Å². The Bertz CT molecular complexity index is 1160. The van der Waals surface area contributed by atoms with Crippen molar-refractivity contribution in [3.05, 3.63) is 60.8 Å². The van der Waals surface area contributed by atoms with Crippen molar-refractivity contribution in [3.8, 4) is 0 Å². The molecule has 0 spiro atoms. The number of aliphatic hydroxyl groups is 2. The maximum Gasteiger partial charge on any atom is 0.306 e. The van der Waals surface area contributed by atoms with E-state index in [1.54, 1.807) is 0 Å². The van der Waals surface area contributed by atoms with Gasteiger partial charge in [0.15, 0.2) is 0 Å². The van der Waals surface area contributed by atoms with Crippen LogP contribution in [0.15, 0.2) is 60.8 Å². The standard InChI is InChI=1S/C59H107NO5/c1-4-7-10-13-16-19-22-25-28-30-32-35-38-41-44-47-50-55(65-59(64)52-49-46-43-40-37-34-31-29-26-23-20-17-14-11-8-5-2)53-58(63)60-56(54-61)57(62)51-48-45-42-39-36-33-27-24-21-18-15-12-9-6-3/h8,11,17,20,26,28-30,32,35,55-57,61-62H,4-7,9-10,12-16,18-19,21-25,27,31,33-34,36-54H2,1-3H3,(H,60,63)/b11-8+,20-17+,29-26+,30-28+,35-32+. The van der Waals surface area contributed by atoms with Crippen molar-refractivity contribution in [2.45, 2.75) is 296 Å². The average Bonchev–Trinajstić information content (AvgIpc) is 3.30. The van der Waals surface area contributed by atoms with Crippen molar-refractivity contribution in [2.75, 3.05) is 6.61 Å². The van der Waals surface area contributed by atoms with E-state index in [9.17, 15) is 19.8 Å². The van der Waals surface area contributed by atoms with E-state index in [4.69, 9.17) is 4.74 Å². The summed E-state index contributed by atoms with van der Waals surface area (Å²) in [5.74, 6) is -0.509. The van der Waals surface area contributed by atoms with E-state index >= 15 is 0 Å². The number of aliphatic hydroxyl groups excluding tert-OH is 2. The first-order valence-electron chi connectivity index (χ1n) is 28.0. The molecule has 378 valence electrons. The Balaban J connectivity index is 4.63. The van der Waals surface area contributed by atoms with E-state index in [0.717, 1.165) is 96.3 Å². The van der Waals surface area contributed by atoms with E-state index in [2.05, 4.69) is 86.8 Å². The van der Waals surface area contributed by atoms with Gasteiger partial charge in [-0.2, -0.15) is 0 Å². The zero-order chi connectivity index (χ0) is 47.4. The van der Waals surface area contributed by atoms with Crippen molar-refractivity contribution >= 4 is 11.9 Å². The van der Waals surface area contributed by atoms with E-state index in [1.165, 1.54) is 135 Å². The highest BCUT2D eigenvalue weighted by Gasteiger charge is 2.24. The first-order chi connectivity index (χ1) is 32.0. The lowest BCUT2D eigenvalue weighted by molar-refractivity contribution is -0.151. The molecule has 0 aromatic heterocycles. The zero-order valence-corrected chi connectivity index (χ0v) is 43.1. The lowest BCUT2D eigenvalue weighted by atomic mass is 10.0. The summed E-state index contributed by atoms with van der Waals surface area (Å²) in [6.07, 6.45) is 65.7. The SMILES string of the molecule is CC/C=C/C/C=C/C/C=C/CCCCCCCCC(=O)OC(CCCCC/C=C/C=C/CCCCCCCCC)CC(=O)NC(CO)C(O)CCCCCCCCCCCCCCCC. The molecule has 3 unspecified atom stereocenters. The van der Waals surface area contributed by atoms with E-state index in [1.807, 2.05) is 0 Å². The Hall–Kier alpha value is -2.44. The second-order valence-corrected chi connectivity index (χ2v) is 19.0. The third kappa shape index (κ3) is 47.8. The number of carbonyl (C=O) groups excluding carboxylic acids is 2.